The minimum absolute atomic E-state index is 0.0906. The maximum absolute atomic E-state index is 11.3. The summed E-state index contributed by atoms with van der Waals surface area (Å²) in [6.45, 7) is 0. The third kappa shape index (κ3) is 2.98. The fourth-order valence-electron chi connectivity index (χ4n) is 1.67. The fraction of sp³-hybridized carbons (Fsp3) is 0. The van der Waals surface area contributed by atoms with Crippen molar-refractivity contribution in [2.24, 2.45) is 0 Å². The maximum Gasteiger partial charge on any atom is 0.270 e. The van der Waals surface area contributed by atoms with E-state index in [1.54, 1.807) is 6.07 Å². The van der Waals surface area contributed by atoms with Crippen LogP contribution in [0.25, 0.3) is 11.1 Å². The predicted octanol–water partition coefficient (Wildman–Crippen LogP) is 3.50. The van der Waals surface area contributed by atoms with Crippen LogP contribution >= 0.6 is 11.6 Å². The van der Waals surface area contributed by atoms with Crippen molar-refractivity contribution < 1.29 is 13.7 Å². The van der Waals surface area contributed by atoms with Gasteiger partial charge in [0, 0.05) is 22.7 Å². The molecule has 98 valence electrons. The van der Waals surface area contributed by atoms with Gasteiger partial charge in [0.05, 0.1) is 9.82 Å². The van der Waals surface area contributed by atoms with Crippen molar-refractivity contribution in [1.29, 1.82) is 0 Å². The van der Waals surface area contributed by atoms with Crippen LogP contribution < -0.4 is 0 Å². The van der Waals surface area contributed by atoms with Crippen molar-refractivity contribution in [1.82, 2.24) is 0 Å². The summed E-state index contributed by atoms with van der Waals surface area (Å²) >= 11 is 3.66. The number of hydrogen-bond acceptors (Lipinski definition) is 3. The number of benzene rings is 2. The van der Waals surface area contributed by atoms with Crippen molar-refractivity contribution in [3.8, 4) is 11.1 Å². The normalized spacial score (nSPS) is 12.1. The zero-order chi connectivity index (χ0) is 14.0. The molecule has 0 spiro atoms. The first kappa shape index (κ1) is 13.7. The molecule has 0 aliphatic heterocycles. The fourth-order valence-corrected chi connectivity index (χ4v) is 2.39. The Morgan fingerprint density at radius 1 is 1.21 bits per heavy atom. The molecule has 0 saturated heterocycles. The largest absolute Gasteiger partial charge is 0.302 e. The zero-order valence-corrected chi connectivity index (χ0v) is 11.0. The molecule has 5 nitrogen and oxygen atoms in total. The van der Waals surface area contributed by atoms with Crippen LogP contribution in [-0.4, -0.2) is 13.7 Å². The second-order valence-corrected chi connectivity index (χ2v) is 5.07. The second-order valence-electron chi connectivity index (χ2n) is 3.70. The van der Waals surface area contributed by atoms with E-state index in [1.807, 2.05) is 0 Å². The molecule has 0 saturated carbocycles. The average molecular weight is 298 g/mol. The molecule has 2 rings (SSSR count). The zero-order valence-electron chi connectivity index (χ0n) is 9.45. The minimum atomic E-state index is -2.20. The van der Waals surface area contributed by atoms with E-state index in [0.717, 1.165) is 0 Å². The van der Waals surface area contributed by atoms with E-state index in [1.165, 1.54) is 36.4 Å². The topological polar surface area (TPSA) is 80.4 Å². The Bertz CT molecular complexity index is 675. The first-order chi connectivity index (χ1) is 8.99. The molecule has 0 aromatic heterocycles. The highest BCUT2D eigenvalue weighted by molar-refractivity contribution is 7.79. The molecule has 2 aromatic rings. The Hall–Kier alpha value is -1.76. The van der Waals surface area contributed by atoms with Crippen LogP contribution in [0.5, 0.6) is 0 Å². The van der Waals surface area contributed by atoms with Gasteiger partial charge >= 0.3 is 0 Å². The molecular weight excluding hydrogens is 290 g/mol. The minimum Gasteiger partial charge on any atom is -0.302 e. The van der Waals surface area contributed by atoms with Gasteiger partial charge in [-0.1, -0.05) is 23.7 Å². The van der Waals surface area contributed by atoms with E-state index in [0.29, 0.717) is 16.1 Å². The molecule has 0 fully saturated rings. The first-order valence-corrected chi connectivity index (χ1v) is 6.63. The Balaban J connectivity index is 2.64. The van der Waals surface area contributed by atoms with Crippen molar-refractivity contribution in [2.45, 2.75) is 4.90 Å². The van der Waals surface area contributed by atoms with Crippen LogP contribution in [0.15, 0.2) is 47.4 Å². The highest BCUT2D eigenvalue weighted by Gasteiger charge is 2.13. The van der Waals surface area contributed by atoms with Gasteiger partial charge in [0.15, 0.2) is 11.1 Å². The van der Waals surface area contributed by atoms with E-state index in [4.69, 9.17) is 11.6 Å². The van der Waals surface area contributed by atoms with Crippen molar-refractivity contribution in [3.63, 3.8) is 0 Å². The Morgan fingerprint density at radius 2 is 1.95 bits per heavy atom. The molecule has 7 heteroatoms. The summed E-state index contributed by atoms with van der Waals surface area (Å²) in [5.74, 6) is 0. The van der Waals surface area contributed by atoms with Gasteiger partial charge in [-0.05, 0) is 23.8 Å². The van der Waals surface area contributed by atoms with Crippen LogP contribution in [0.4, 0.5) is 5.69 Å². The summed E-state index contributed by atoms with van der Waals surface area (Å²) in [5, 5.41) is 11.1. The van der Waals surface area contributed by atoms with Crippen LogP contribution in [0.2, 0.25) is 5.02 Å². The maximum atomic E-state index is 11.3. The van der Waals surface area contributed by atoms with Crippen molar-refractivity contribution in [3.05, 3.63) is 57.6 Å². The van der Waals surface area contributed by atoms with E-state index in [9.17, 15) is 18.9 Å². The first-order valence-electron chi connectivity index (χ1n) is 5.14. The van der Waals surface area contributed by atoms with E-state index >= 15 is 0 Å². The third-order valence-corrected chi connectivity index (χ3v) is 3.47. The molecule has 0 heterocycles. The number of nitro benzene ring substituents is 1. The summed E-state index contributed by atoms with van der Waals surface area (Å²) in [6.07, 6.45) is 0. The molecule has 0 aliphatic rings. The number of rotatable bonds is 3. The lowest BCUT2D eigenvalue weighted by atomic mass is 10.1. The summed E-state index contributed by atoms with van der Waals surface area (Å²) in [4.78, 5) is 10.4. The van der Waals surface area contributed by atoms with Crippen molar-refractivity contribution in [2.75, 3.05) is 0 Å². The summed E-state index contributed by atoms with van der Waals surface area (Å²) in [5.41, 5.74) is 0.776. The van der Waals surface area contributed by atoms with Crippen LogP contribution in [0, 0.1) is 10.1 Å². The molecule has 19 heavy (non-hydrogen) atoms. The highest BCUT2D eigenvalue weighted by Crippen LogP contribution is 2.30. The SMILES string of the molecule is O=[N+]([O-])c1cccc(-c2cc(Cl)ccc2S(=O)O)c1. The van der Waals surface area contributed by atoms with Gasteiger partial charge in [-0.3, -0.25) is 10.1 Å². The lowest BCUT2D eigenvalue weighted by molar-refractivity contribution is -0.384. The highest BCUT2D eigenvalue weighted by atomic mass is 35.5. The molecule has 0 amide bonds. The Morgan fingerprint density at radius 3 is 2.58 bits per heavy atom. The van der Waals surface area contributed by atoms with Gasteiger partial charge in [-0.15, -0.1) is 0 Å². The molecule has 0 aliphatic carbocycles. The quantitative estimate of drug-likeness (QED) is 0.534. The molecule has 1 atom stereocenters. The molecule has 2 aromatic carbocycles. The summed E-state index contributed by atoms with van der Waals surface area (Å²) < 4.78 is 20.5. The van der Waals surface area contributed by atoms with Crippen LogP contribution in [-0.2, 0) is 11.1 Å². The van der Waals surface area contributed by atoms with Gasteiger partial charge in [-0.2, -0.15) is 0 Å². The Kier molecular flexibility index (Phi) is 3.94. The molecule has 1 unspecified atom stereocenters. The second kappa shape index (κ2) is 5.48. The number of halogens is 1. The number of nitro groups is 1. The van der Waals surface area contributed by atoms with E-state index < -0.39 is 16.0 Å². The van der Waals surface area contributed by atoms with Crippen LogP contribution in [0.1, 0.15) is 0 Å². The molecular formula is C12H8ClNO4S. The smallest absolute Gasteiger partial charge is 0.270 e. The number of nitrogens with zero attached hydrogens (tertiary/aromatic N) is 1. The predicted molar refractivity (Wildman–Crippen MR) is 72.6 cm³/mol. The van der Waals surface area contributed by atoms with Gasteiger partial charge < -0.3 is 4.55 Å². The third-order valence-electron chi connectivity index (χ3n) is 2.50. The number of hydrogen-bond donors (Lipinski definition) is 1. The van der Waals surface area contributed by atoms with Gasteiger partial charge in [0.25, 0.3) is 5.69 Å². The molecule has 0 bridgehead atoms. The Labute approximate surface area is 116 Å². The van der Waals surface area contributed by atoms with E-state index in [-0.39, 0.29) is 10.6 Å². The molecule has 1 N–H and O–H groups in total. The lowest BCUT2D eigenvalue weighted by Gasteiger charge is -2.07. The summed E-state index contributed by atoms with van der Waals surface area (Å²) in [6, 6.07) is 10.2. The average Bonchev–Trinajstić information content (AvgIpc) is 2.38. The van der Waals surface area contributed by atoms with Crippen molar-refractivity contribution >= 4 is 28.4 Å². The van der Waals surface area contributed by atoms with Crippen LogP contribution in [0.3, 0.4) is 0 Å². The summed E-state index contributed by atoms with van der Waals surface area (Å²) in [7, 11) is 0. The van der Waals surface area contributed by atoms with E-state index in [2.05, 4.69) is 0 Å². The monoisotopic (exact) mass is 297 g/mol. The standard InChI is InChI=1S/C12H8ClNO4S/c13-9-4-5-12(19(17)18)11(7-9)8-2-1-3-10(6-8)14(15)16/h1-7H,(H,17,18). The van der Waals surface area contributed by atoms with Gasteiger partial charge in [0.1, 0.15) is 0 Å². The lowest BCUT2D eigenvalue weighted by Crippen LogP contribution is -1.94. The number of non-ortho nitro benzene ring substituents is 1. The van der Waals surface area contributed by atoms with Gasteiger partial charge in [-0.25, -0.2) is 4.21 Å². The van der Waals surface area contributed by atoms with Gasteiger partial charge in [0.2, 0.25) is 0 Å². The molecule has 0 radical (unpaired) electrons.